The monoisotopic (exact) mass is 474 g/mol. The van der Waals surface area contributed by atoms with Gasteiger partial charge in [0, 0.05) is 11.3 Å². The second-order valence-corrected chi connectivity index (χ2v) is 8.45. The Morgan fingerprint density at radius 2 is 1.71 bits per heavy atom. The van der Waals surface area contributed by atoms with Crippen LogP contribution in [0.4, 0.5) is 4.79 Å². The number of cyclic esters (lactones) is 1. The van der Waals surface area contributed by atoms with E-state index in [2.05, 4.69) is 0 Å². The van der Waals surface area contributed by atoms with Crippen LogP contribution in [0.2, 0.25) is 0 Å². The van der Waals surface area contributed by atoms with Gasteiger partial charge in [-0.25, -0.2) is 9.69 Å². The molecule has 3 aromatic carbocycles. The van der Waals surface area contributed by atoms with Crippen LogP contribution in [-0.2, 0) is 22.6 Å². The summed E-state index contributed by atoms with van der Waals surface area (Å²) in [7, 11) is 0. The summed E-state index contributed by atoms with van der Waals surface area (Å²) in [6.07, 6.45) is -0.444. The van der Waals surface area contributed by atoms with Crippen molar-refractivity contribution in [3.8, 4) is 5.75 Å². The van der Waals surface area contributed by atoms with Crippen LogP contribution in [0.5, 0.6) is 5.75 Å². The highest BCUT2D eigenvalue weighted by Gasteiger charge is 2.39. The highest BCUT2D eigenvalue weighted by Crippen LogP contribution is 2.27. The molecule has 0 aliphatic carbocycles. The lowest BCUT2D eigenvalue weighted by Crippen LogP contribution is -2.41. The molecule has 8 nitrogen and oxygen atoms in total. The van der Waals surface area contributed by atoms with Crippen molar-refractivity contribution < 1.29 is 24.0 Å². The Labute approximate surface area is 203 Å². The Hall–Kier alpha value is -4.20. The minimum atomic E-state index is -0.719. The lowest BCUT2D eigenvalue weighted by Gasteiger charge is -2.22. The van der Waals surface area contributed by atoms with E-state index < -0.39 is 35.4 Å². The molecule has 1 saturated heterocycles. The molecule has 8 heteroatoms. The van der Waals surface area contributed by atoms with Gasteiger partial charge >= 0.3 is 6.09 Å². The van der Waals surface area contributed by atoms with Crippen LogP contribution in [0, 0.1) is 10.1 Å². The first-order valence-electron chi connectivity index (χ1n) is 11.4. The van der Waals surface area contributed by atoms with E-state index in [4.69, 9.17) is 9.47 Å². The van der Waals surface area contributed by atoms with E-state index in [9.17, 15) is 19.7 Å². The summed E-state index contributed by atoms with van der Waals surface area (Å²) < 4.78 is 11.0. The van der Waals surface area contributed by atoms with Gasteiger partial charge in [-0.15, -0.1) is 0 Å². The second-order valence-electron chi connectivity index (χ2n) is 8.45. The quantitative estimate of drug-likeness (QED) is 0.314. The average molecular weight is 475 g/mol. The fraction of sp³-hybridized carbons (Fsp3) is 0.259. The molecule has 1 aliphatic heterocycles. The molecule has 0 bridgehead atoms. The molecule has 1 heterocycles. The zero-order valence-corrected chi connectivity index (χ0v) is 19.1. The van der Waals surface area contributed by atoms with Crippen molar-refractivity contribution in [2.24, 2.45) is 0 Å². The molecule has 2 atom stereocenters. The number of imide groups is 1. The molecule has 3 aromatic rings. The van der Waals surface area contributed by atoms with Gasteiger partial charge in [-0.1, -0.05) is 72.8 Å². The summed E-state index contributed by atoms with van der Waals surface area (Å²) in [6.45, 7) is 0.00616. The van der Waals surface area contributed by atoms with Crippen LogP contribution in [0.25, 0.3) is 0 Å². The Kier molecular flexibility index (Phi) is 7.72. The molecule has 0 unspecified atom stereocenters. The van der Waals surface area contributed by atoms with Gasteiger partial charge in [-0.2, -0.15) is 0 Å². The zero-order chi connectivity index (χ0) is 24.6. The Bertz CT molecular complexity index is 1170. The number of benzene rings is 3. The minimum absolute atomic E-state index is 0.0994. The van der Waals surface area contributed by atoms with E-state index in [1.54, 1.807) is 24.3 Å². The van der Waals surface area contributed by atoms with Gasteiger partial charge < -0.3 is 9.47 Å². The predicted octanol–water partition coefficient (Wildman–Crippen LogP) is 4.61. The van der Waals surface area contributed by atoms with E-state index in [-0.39, 0.29) is 13.0 Å². The maximum atomic E-state index is 13.2. The molecule has 4 rings (SSSR count). The van der Waals surface area contributed by atoms with E-state index in [0.717, 1.165) is 16.0 Å². The van der Waals surface area contributed by atoms with Crippen molar-refractivity contribution in [2.75, 3.05) is 13.2 Å². The Morgan fingerprint density at radius 1 is 1.03 bits per heavy atom. The molecule has 0 spiro atoms. The molecular weight excluding hydrogens is 448 g/mol. The summed E-state index contributed by atoms with van der Waals surface area (Å²) in [5.41, 5.74) is 2.57. The van der Waals surface area contributed by atoms with Crippen molar-refractivity contribution in [2.45, 2.75) is 31.4 Å². The van der Waals surface area contributed by atoms with Gasteiger partial charge in [0.05, 0.1) is 12.0 Å². The summed E-state index contributed by atoms with van der Waals surface area (Å²) >= 11 is 0. The number of nitro groups is 1. The largest absolute Gasteiger partial charge is 0.489 e. The molecule has 35 heavy (non-hydrogen) atoms. The van der Waals surface area contributed by atoms with Gasteiger partial charge in [0.1, 0.15) is 19.0 Å². The van der Waals surface area contributed by atoms with Crippen molar-refractivity contribution >= 4 is 12.0 Å². The number of ether oxygens (including phenoxy) is 2. The van der Waals surface area contributed by atoms with Crippen molar-refractivity contribution in [1.29, 1.82) is 0 Å². The third-order valence-corrected chi connectivity index (χ3v) is 5.91. The fourth-order valence-electron chi connectivity index (χ4n) is 4.18. The summed E-state index contributed by atoms with van der Waals surface area (Å²) in [5, 5.41) is 11.4. The number of amides is 2. The second kappa shape index (κ2) is 11.3. The summed E-state index contributed by atoms with van der Waals surface area (Å²) in [6, 6.07) is 25.7. The highest BCUT2D eigenvalue weighted by atomic mass is 16.6. The van der Waals surface area contributed by atoms with Gasteiger partial charge in [0.2, 0.25) is 12.5 Å². The topological polar surface area (TPSA) is 99.0 Å². The normalized spacial score (nSPS) is 15.9. The lowest BCUT2D eigenvalue weighted by molar-refractivity contribution is -0.483. The first-order chi connectivity index (χ1) is 17.0. The van der Waals surface area contributed by atoms with Gasteiger partial charge in [-0.3, -0.25) is 14.9 Å². The molecule has 0 N–H and O–H groups in total. The van der Waals surface area contributed by atoms with E-state index >= 15 is 0 Å². The smallest absolute Gasteiger partial charge is 0.416 e. The number of carbonyl (C=O) groups is 2. The Balaban J connectivity index is 1.47. The molecule has 180 valence electrons. The molecule has 2 amide bonds. The highest BCUT2D eigenvalue weighted by molar-refractivity contribution is 5.94. The number of carbonyl (C=O) groups excluding carboxylic acids is 2. The van der Waals surface area contributed by atoms with Crippen LogP contribution in [0.15, 0.2) is 84.9 Å². The number of hydrogen-bond acceptors (Lipinski definition) is 6. The SMILES string of the molecule is O=C(C[C@@H](C[N+](=O)[O-])c1cccc(OCc2ccccc2)c1)N1C(=O)OC[C@H]1Cc1ccccc1. The summed E-state index contributed by atoms with van der Waals surface area (Å²) in [4.78, 5) is 37.6. The maximum Gasteiger partial charge on any atom is 0.416 e. The van der Waals surface area contributed by atoms with Crippen LogP contribution < -0.4 is 4.74 Å². The predicted molar refractivity (Wildman–Crippen MR) is 129 cm³/mol. The van der Waals surface area contributed by atoms with E-state index in [1.807, 2.05) is 60.7 Å². The van der Waals surface area contributed by atoms with Crippen LogP contribution >= 0.6 is 0 Å². The van der Waals surface area contributed by atoms with Crippen LogP contribution in [0.1, 0.15) is 29.0 Å². The van der Waals surface area contributed by atoms with Crippen molar-refractivity contribution in [3.05, 3.63) is 112 Å². The third kappa shape index (κ3) is 6.44. The first-order valence-corrected chi connectivity index (χ1v) is 11.4. The van der Waals surface area contributed by atoms with E-state index in [1.165, 1.54) is 0 Å². The molecule has 1 fully saturated rings. The van der Waals surface area contributed by atoms with Gasteiger partial charge in [0.25, 0.3) is 0 Å². The average Bonchev–Trinajstić information content (AvgIpc) is 3.23. The van der Waals surface area contributed by atoms with Crippen LogP contribution in [0.3, 0.4) is 0 Å². The molecule has 0 saturated carbocycles. The fourth-order valence-corrected chi connectivity index (χ4v) is 4.18. The zero-order valence-electron chi connectivity index (χ0n) is 19.1. The number of nitrogens with zero attached hydrogens (tertiary/aromatic N) is 2. The third-order valence-electron chi connectivity index (χ3n) is 5.91. The van der Waals surface area contributed by atoms with Crippen LogP contribution in [-0.4, -0.2) is 41.0 Å². The Morgan fingerprint density at radius 3 is 2.40 bits per heavy atom. The van der Waals surface area contributed by atoms with E-state index in [0.29, 0.717) is 24.3 Å². The molecule has 1 aliphatic rings. The maximum absolute atomic E-state index is 13.2. The number of rotatable bonds is 10. The van der Waals surface area contributed by atoms with Gasteiger partial charge in [-0.05, 0) is 35.2 Å². The molecule has 0 radical (unpaired) electrons. The number of hydrogen-bond donors (Lipinski definition) is 0. The molecule has 0 aromatic heterocycles. The standard InChI is InChI=1S/C27H26N2O6/c30-26(29-24(19-35-27(29)31)14-20-8-3-1-4-9-20)16-23(17-28(32)33)22-12-7-13-25(15-22)34-18-21-10-5-2-6-11-21/h1-13,15,23-24H,14,16-19H2/t23-,24+/m0/s1. The van der Waals surface area contributed by atoms with Gasteiger partial charge in [0.15, 0.2) is 0 Å². The van der Waals surface area contributed by atoms with Crippen molar-refractivity contribution in [3.63, 3.8) is 0 Å². The van der Waals surface area contributed by atoms with Crippen molar-refractivity contribution in [1.82, 2.24) is 4.90 Å². The summed E-state index contributed by atoms with van der Waals surface area (Å²) in [5.74, 6) is -0.658. The minimum Gasteiger partial charge on any atom is -0.489 e. The first kappa shape index (κ1) is 23.9. The lowest BCUT2D eigenvalue weighted by atomic mass is 9.94. The molecular formula is C27H26N2O6.